The molecule has 2 aromatic carbocycles. The van der Waals surface area contributed by atoms with Gasteiger partial charge in [0.05, 0.1) is 12.2 Å². The van der Waals surface area contributed by atoms with Gasteiger partial charge in [-0.3, -0.25) is 14.1 Å². The van der Waals surface area contributed by atoms with Gasteiger partial charge in [0, 0.05) is 23.7 Å². The van der Waals surface area contributed by atoms with Crippen LogP contribution >= 0.6 is 0 Å². The molecule has 0 saturated carbocycles. The quantitative estimate of drug-likeness (QED) is 0.280. The van der Waals surface area contributed by atoms with Crippen LogP contribution in [0.15, 0.2) is 71.8 Å². The zero-order valence-electron chi connectivity index (χ0n) is 22.6. The maximum absolute atomic E-state index is 15.2. The first-order valence-corrected chi connectivity index (χ1v) is 13.2. The second kappa shape index (κ2) is 10.8. The summed E-state index contributed by atoms with van der Waals surface area (Å²) in [7, 11) is 0. The molecular formula is C30H32FN7O. The van der Waals surface area contributed by atoms with Gasteiger partial charge in [-0.05, 0) is 57.5 Å². The number of unbranched alkanes of at least 4 members (excludes halogenated alkanes) is 1. The van der Waals surface area contributed by atoms with Gasteiger partial charge in [0.25, 0.3) is 0 Å². The van der Waals surface area contributed by atoms with Crippen molar-refractivity contribution in [3.05, 3.63) is 100 Å². The van der Waals surface area contributed by atoms with Gasteiger partial charge < -0.3 is 0 Å². The lowest BCUT2D eigenvalue weighted by atomic mass is 9.85. The summed E-state index contributed by atoms with van der Waals surface area (Å²) >= 11 is 0. The second-order valence-electron chi connectivity index (χ2n) is 10.7. The number of pyridine rings is 1. The fourth-order valence-corrected chi connectivity index (χ4v) is 4.84. The highest BCUT2D eigenvalue weighted by Crippen LogP contribution is 2.31. The predicted octanol–water partition coefficient (Wildman–Crippen LogP) is 5.71. The monoisotopic (exact) mass is 525 g/mol. The van der Waals surface area contributed by atoms with Gasteiger partial charge in [-0.1, -0.05) is 76.6 Å². The molecule has 39 heavy (non-hydrogen) atoms. The Morgan fingerprint density at radius 2 is 1.82 bits per heavy atom. The van der Waals surface area contributed by atoms with Crippen LogP contribution in [0.5, 0.6) is 0 Å². The number of benzene rings is 2. The first-order valence-electron chi connectivity index (χ1n) is 13.2. The van der Waals surface area contributed by atoms with E-state index >= 15 is 4.39 Å². The smallest absolute Gasteiger partial charge is 0.292 e. The Morgan fingerprint density at radius 3 is 2.51 bits per heavy atom. The van der Waals surface area contributed by atoms with Crippen LogP contribution in [0.25, 0.3) is 28.3 Å². The summed E-state index contributed by atoms with van der Waals surface area (Å²) in [4.78, 5) is 18.2. The van der Waals surface area contributed by atoms with E-state index in [1.807, 2.05) is 69.4 Å². The molecule has 0 aliphatic heterocycles. The first kappa shape index (κ1) is 26.2. The number of para-hydroxylation sites is 1. The molecule has 0 fully saturated rings. The third-order valence-electron chi connectivity index (χ3n) is 6.87. The molecule has 0 amide bonds. The second-order valence-corrected chi connectivity index (χ2v) is 10.7. The van der Waals surface area contributed by atoms with Crippen LogP contribution in [0, 0.1) is 5.82 Å². The number of aromatic nitrogens is 7. The maximum atomic E-state index is 15.2. The molecule has 0 bridgehead atoms. The minimum absolute atomic E-state index is 0.242. The van der Waals surface area contributed by atoms with Gasteiger partial charge in [-0.25, -0.2) is 14.3 Å². The zero-order chi connectivity index (χ0) is 27.6. The number of rotatable bonds is 8. The zero-order valence-corrected chi connectivity index (χ0v) is 22.6. The Morgan fingerprint density at radius 1 is 1.03 bits per heavy atom. The minimum Gasteiger partial charge on any atom is -0.292 e. The van der Waals surface area contributed by atoms with E-state index < -0.39 is 5.82 Å². The number of hydrogen-bond acceptors (Lipinski definition) is 5. The Labute approximate surface area is 226 Å². The molecule has 0 unspecified atom stereocenters. The minimum atomic E-state index is -0.401. The number of H-pyrrole nitrogens is 1. The molecular weight excluding hydrogens is 493 g/mol. The lowest BCUT2D eigenvalue weighted by Crippen LogP contribution is -2.27. The van der Waals surface area contributed by atoms with Crippen LogP contribution in [0.4, 0.5) is 4.39 Å². The van der Waals surface area contributed by atoms with Crippen molar-refractivity contribution < 1.29 is 4.39 Å². The van der Waals surface area contributed by atoms with E-state index in [0.717, 1.165) is 47.2 Å². The number of hydrogen-bond donors (Lipinski definition) is 1. The number of imidazole rings is 1. The summed E-state index contributed by atoms with van der Waals surface area (Å²) in [5, 5.41) is 14.1. The maximum Gasteiger partial charge on any atom is 0.333 e. The number of tetrazole rings is 1. The topological polar surface area (TPSA) is 94.3 Å². The van der Waals surface area contributed by atoms with E-state index in [9.17, 15) is 4.79 Å². The van der Waals surface area contributed by atoms with Crippen molar-refractivity contribution in [2.75, 3.05) is 0 Å². The van der Waals surface area contributed by atoms with Crippen LogP contribution in [0.3, 0.4) is 0 Å². The summed E-state index contributed by atoms with van der Waals surface area (Å²) < 4.78 is 18.5. The van der Waals surface area contributed by atoms with Gasteiger partial charge in [-0.2, -0.15) is 0 Å². The Hall–Kier alpha value is -4.40. The van der Waals surface area contributed by atoms with Crippen LogP contribution in [-0.4, -0.2) is 34.7 Å². The number of halogens is 1. The number of aryl methyl sites for hydroxylation is 1. The molecule has 0 saturated heterocycles. The summed E-state index contributed by atoms with van der Waals surface area (Å²) in [6.07, 6.45) is 6.18. The normalized spacial score (nSPS) is 11.7. The SMILES string of the molecule is CCCCc1cn(-c2c(F)cccc2C(C)(C)C)c(=O)n1Cc1ccc(-c2cccnc2-c2nnn[nH]2)cc1. The molecule has 9 heteroatoms. The summed E-state index contributed by atoms with van der Waals surface area (Å²) in [6.45, 7) is 8.59. The van der Waals surface area contributed by atoms with Gasteiger partial charge in [0.15, 0.2) is 5.82 Å². The molecule has 0 radical (unpaired) electrons. The van der Waals surface area contributed by atoms with E-state index in [2.05, 4.69) is 32.5 Å². The third-order valence-corrected chi connectivity index (χ3v) is 6.87. The van der Waals surface area contributed by atoms with Crippen LogP contribution in [-0.2, 0) is 18.4 Å². The van der Waals surface area contributed by atoms with Crippen molar-refractivity contribution in [3.8, 4) is 28.3 Å². The summed E-state index contributed by atoms with van der Waals surface area (Å²) in [5.41, 5.74) is 4.91. The summed E-state index contributed by atoms with van der Waals surface area (Å²) in [5.74, 6) is 0.0909. The van der Waals surface area contributed by atoms with E-state index in [1.165, 1.54) is 10.6 Å². The third kappa shape index (κ3) is 5.30. The molecule has 5 aromatic rings. The van der Waals surface area contributed by atoms with Crippen molar-refractivity contribution >= 4 is 0 Å². The van der Waals surface area contributed by atoms with Crippen molar-refractivity contribution in [1.82, 2.24) is 34.7 Å². The van der Waals surface area contributed by atoms with E-state index in [-0.39, 0.29) is 11.1 Å². The highest BCUT2D eigenvalue weighted by molar-refractivity contribution is 5.77. The molecule has 1 N–H and O–H groups in total. The van der Waals surface area contributed by atoms with Crippen LogP contribution < -0.4 is 5.69 Å². The molecule has 3 heterocycles. The average molecular weight is 526 g/mol. The standard InChI is InChI=1S/C30H32FN7O/c1-5-6-9-22-19-38(27-24(30(2,3)4)11-7-12-25(27)31)29(39)37(22)18-20-13-15-21(16-14-20)23-10-8-17-32-26(23)28-33-35-36-34-28/h7-8,10-17,19H,5-6,9,18H2,1-4H3,(H,33,34,35,36). The fourth-order valence-electron chi connectivity index (χ4n) is 4.84. The number of aromatic amines is 1. The van der Waals surface area contributed by atoms with Crippen molar-refractivity contribution in [1.29, 1.82) is 0 Å². The highest BCUT2D eigenvalue weighted by atomic mass is 19.1. The Balaban J connectivity index is 1.52. The van der Waals surface area contributed by atoms with Crippen LogP contribution in [0.1, 0.15) is 57.4 Å². The molecule has 5 rings (SSSR count). The molecule has 0 aliphatic carbocycles. The molecule has 3 aromatic heterocycles. The first-order chi connectivity index (χ1) is 18.8. The van der Waals surface area contributed by atoms with Gasteiger partial charge in [-0.15, -0.1) is 5.10 Å². The number of nitrogens with one attached hydrogen (secondary N) is 1. The molecule has 0 atom stereocenters. The highest BCUT2D eigenvalue weighted by Gasteiger charge is 2.24. The molecule has 8 nitrogen and oxygen atoms in total. The van der Waals surface area contributed by atoms with Crippen molar-refractivity contribution in [3.63, 3.8) is 0 Å². The fraction of sp³-hybridized carbons (Fsp3) is 0.300. The van der Waals surface area contributed by atoms with Crippen molar-refractivity contribution in [2.24, 2.45) is 0 Å². The van der Waals surface area contributed by atoms with Gasteiger partial charge in [0.1, 0.15) is 11.5 Å². The van der Waals surface area contributed by atoms with Crippen LogP contribution in [0.2, 0.25) is 0 Å². The van der Waals surface area contributed by atoms with E-state index in [0.29, 0.717) is 23.8 Å². The largest absolute Gasteiger partial charge is 0.333 e. The number of nitrogens with zero attached hydrogens (tertiary/aromatic N) is 6. The summed E-state index contributed by atoms with van der Waals surface area (Å²) in [6, 6.07) is 16.9. The molecule has 200 valence electrons. The van der Waals surface area contributed by atoms with Gasteiger partial charge in [0.2, 0.25) is 0 Å². The lowest BCUT2D eigenvalue weighted by molar-refractivity contribution is 0.560. The average Bonchev–Trinajstić information content (AvgIpc) is 3.56. The lowest BCUT2D eigenvalue weighted by Gasteiger charge is -2.23. The van der Waals surface area contributed by atoms with Gasteiger partial charge >= 0.3 is 5.69 Å². The van der Waals surface area contributed by atoms with E-state index in [1.54, 1.807) is 16.8 Å². The molecule has 0 aliphatic rings. The van der Waals surface area contributed by atoms with E-state index in [4.69, 9.17) is 0 Å². The predicted molar refractivity (Wildman–Crippen MR) is 149 cm³/mol. The van der Waals surface area contributed by atoms with Crippen molar-refractivity contribution in [2.45, 2.75) is 58.9 Å². The Kier molecular flexibility index (Phi) is 7.24. The Bertz CT molecular complexity index is 1630. The molecule has 0 spiro atoms.